The van der Waals surface area contributed by atoms with Crippen molar-refractivity contribution in [2.24, 2.45) is 17.3 Å². The van der Waals surface area contributed by atoms with Crippen LogP contribution < -0.4 is 10.6 Å². The molecule has 0 saturated heterocycles. The lowest BCUT2D eigenvalue weighted by atomic mass is 9.81. The van der Waals surface area contributed by atoms with Crippen LogP contribution in [0.2, 0.25) is 0 Å². The lowest BCUT2D eigenvalue weighted by molar-refractivity contribution is -0.137. The summed E-state index contributed by atoms with van der Waals surface area (Å²) in [6, 6.07) is -0.184. The summed E-state index contributed by atoms with van der Waals surface area (Å²) in [5, 5.41) is 14.2. The summed E-state index contributed by atoms with van der Waals surface area (Å²) in [7, 11) is 0. The van der Waals surface area contributed by atoms with Gasteiger partial charge in [0.05, 0.1) is 0 Å². The first-order chi connectivity index (χ1) is 8.65. The molecular formula is C14H28N2O3. The fourth-order valence-corrected chi connectivity index (χ4v) is 1.31. The van der Waals surface area contributed by atoms with Crippen LogP contribution in [0.4, 0.5) is 4.79 Å². The highest BCUT2D eigenvalue weighted by atomic mass is 16.4. The van der Waals surface area contributed by atoms with Gasteiger partial charge < -0.3 is 15.7 Å². The third-order valence-corrected chi connectivity index (χ3v) is 3.73. The van der Waals surface area contributed by atoms with Crippen molar-refractivity contribution < 1.29 is 14.7 Å². The van der Waals surface area contributed by atoms with Crippen molar-refractivity contribution in [3.05, 3.63) is 0 Å². The highest BCUT2D eigenvalue weighted by Gasteiger charge is 2.22. The molecular weight excluding hydrogens is 244 g/mol. The minimum absolute atomic E-state index is 0.0618. The SMILES string of the molecule is CC(CCC(=O)O)CNC(=O)NCC(C)(C)C(C)C. The van der Waals surface area contributed by atoms with E-state index in [4.69, 9.17) is 5.11 Å². The third kappa shape index (κ3) is 8.46. The zero-order valence-corrected chi connectivity index (χ0v) is 12.7. The van der Waals surface area contributed by atoms with Gasteiger partial charge in [-0.3, -0.25) is 4.79 Å². The highest BCUT2D eigenvalue weighted by Crippen LogP contribution is 2.24. The minimum atomic E-state index is -0.796. The maximum atomic E-state index is 11.6. The van der Waals surface area contributed by atoms with E-state index in [1.165, 1.54) is 0 Å². The van der Waals surface area contributed by atoms with Gasteiger partial charge in [0.25, 0.3) is 0 Å². The third-order valence-electron chi connectivity index (χ3n) is 3.73. The molecule has 0 bridgehead atoms. The van der Waals surface area contributed by atoms with Crippen LogP contribution in [0.1, 0.15) is 47.5 Å². The van der Waals surface area contributed by atoms with E-state index >= 15 is 0 Å². The van der Waals surface area contributed by atoms with Crippen molar-refractivity contribution in [3.8, 4) is 0 Å². The van der Waals surface area contributed by atoms with E-state index in [0.717, 1.165) is 0 Å². The molecule has 0 rings (SSSR count). The molecule has 0 aliphatic carbocycles. The van der Waals surface area contributed by atoms with E-state index < -0.39 is 5.97 Å². The number of carbonyl (C=O) groups excluding carboxylic acids is 1. The van der Waals surface area contributed by atoms with Crippen molar-refractivity contribution in [2.45, 2.75) is 47.5 Å². The van der Waals surface area contributed by atoms with Gasteiger partial charge in [-0.05, 0) is 23.7 Å². The van der Waals surface area contributed by atoms with Gasteiger partial charge in [0.15, 0.2) is 0 Å². The van der Waals surface area contributed by atoms with Crippen molar-refractivity contribution in [1.29, 1.82) is 0 Å². The summed E-state index contributed by atoms with van der Waals surface area (Å²) in [5.74, 6) is -0.141. The van der Waals surface area contributed by atoms with Crippen LogP contribution in [0.5, 0.6) is 0 Å². The molecule has 1 unspecified atom stereocenters. The molecule has 112 valence electrons. The van der Waals surface area contributed by atoms with Crippen molar-refractivity contribution in [3.63, 3.8) is 0 Å². The number of rotatable bonds is 8. The van der Waals surface area contributed by atoms with Gasteiger partial charge in [-0.25, -0.2) is 4.79 Å². The molecule has 1 atom stereocenters. The number of hydrogen-bond donors (Lipinski definition) is 3. The van der Waals surface area contributed by atoms with E-state index in [1.54, 1.807) is 0 Å². The highest BCUT2D eigenvalue weighted by molar-refractivity contribution is 5.73. The average molecular weight is 272 g/mol. The lowest BCUT2D eigenvalue weighted by Gasteiger charge is -2.29. The Labute approximate surface area is 116 Å². The predicted molar refractivity (Wildman–Crippen MR) is 76.1 cm³/mol. The Morgan fingerprint density at radius 1 is 1.16 bits per heavy atom. The molecule has 0 aromatic rings. The molecule has 5 heteroatoms. The predicted octanol–water partition coefficient (Wildman–Crippen LogP) is 2.47. The summed E-state index contributed by atoms with van der Waals surface area (Å²) < 4.78 is 0. The average Bonchev–Trinajstić information content (AvgIpc) is 2.31. The normalized spacial score (nSPS) is 13.2. The Morgan fingerprint density at radius 2 is 1.74 bits per heavy atom. The molecule has 0 aromatic carbocycles. The van der Waals surface area contributed by atoms with E-state index in [-0.39, 0.29) is 23.8 Å². The van der Waals surface area contributed by atoms with Crippen molar-refractivity contribution in [2.75, 3.05) is 13.1 Å². The lowest BCUT2D eigenvalue weighted by Crippen LogP contribution is -2.43. The zero-order valence-electron chi connectivity index (χ0n) is 12.7. The summed E-state index contributed by atoms with van der Waals surface area (Å²) in [6.07, 6.45) is 0.720. The van der Waals surface area contributed by atoms with Crippen LogP contribution >= 0.6 is 0 Å². The quantitative estimate of drug-likeness (QED) is 0.635. The van der Waals surface area contributed by atoms with Crippen LogP contribution in [0.3, 0.4) is 0 Å². The van der Waals surface area contributed by atoms with Gasteiger partial charge in [-0.1, -0.05) is 34.6 Å². The Morgan fingerprint density at radius 3 is 2.21 bits per heavy atom. The van der Waals surface area contributed by atoms with Crippen LogP contribution in [-0.2, 0) is 4.79 Å². The maximum Gasteiger partial charge on any atom is 0.314 e. The molecule has 0 radical (unpaired) electrons. The van der Waals surface area contributed by atoms with Gasteiger partial charge in [0.2, 0.25) is 0 Å². The number of hydrogen-bond acceptors (Lipinski definition) is 2. The molecule has 0 heterocycles. The second-order valence-electron chi connectivity index (χ2n) is 6.24. The number of urea groups is 1. The topological polar surface area (TPSA) is 78.4 Å². The summed E-state index contributed by atoms with van der Waals surface area (Å²) in [5.41, 5.74) is 0.0618. The van der Waals surface area contributed by atoms with E-state index in [0.29, 0.717) is 25.4 Å². The fourth-order valence-electron chi connectivity index (χ4n) is 1.31. The number of amides is 2. The summed E-state index contributed by atoms with van der Waals surface area (Å²) in [6.45, 7) is 11.6. The molecule has 0 aromatic heterocycles. The Bertz CT molecular complexity index is 301. The first kappa shape index (κ1) is 17.7. The molecule has 19 heavy (non-hydrogen) atoms. The molecule has 5 nitrogen and oxygen atoms in total. The number of carboxylic acids is 1. The summed E-state index contributed by atoms with van der Waals surface area (Å²) >= 11 is 0. The van der Waals surface area contributed by atoms with Gasteiger partial charge >= 0.3 is 12.0 Å². The van der Waals surface area contributed by atoms with Crippen LogP contribution in [-0.4, -0.2) is 30.2 Å². The van der Waals surface area contributed by atoms with Crippen molar-refractivity contribution in [1.82, 2.24) is 10.6 Å². The number of carbonyl (C=O) groups is 2. The van der Waals surface area contributed by atoms with Gasteiger partial charge in [0, 0.05) is 19.5 Å². The molecule has 0 aliphatic heterocycles. The van der Waals surface area contributed by atoms with Crippen LogP contribution in [0.15, 0.2) is 0 Å². The molecule has 0 fully saturated rings. The fraction of sp³-hybridized carbons (Fsp3) is 0.857. The smallest absolute Gasteiger partial charge is 0.314 e. The largest absolute Gasteiger partial charge is 0.481 e. The molecule has 0 aliphatic rings. The molecule has 0 spiro atoms. The maximum absolute atomic E-state index is 11.6. The molecule has 2 amide bonds. The zero-order chi connectivity index (χ0) is 15.1. The molecule has 0 saturated carbocycles. The van der Waals surface area contributed by atoms with E-state index in [1.807, 2.05) is 6.92 Å². The van der Waals surface area contributed by atoms with E-state index in [9.17, 15) is 9.59 Å². The van der Waals surface area contributed by atoms with Crippen molar-refractivity contribution >= 4 is 12.0 Å². The standard InChI is InChI=1S/C14H28N2O3/c1-10(2)14(4,5)9-16-13(19)15-8-11(3)6-7-12(17)18/h10-11H,6-9H2,1-5H3,(H,17,18)(H2,15,16,19). The Kier molecular flexibility index (Phi) is 7.49. The second-order valence-corrected chi connectivity index (χ2v) is 6.24. The monoisotopic (exact) mass is 272 g/mol. The minimum Gasteiger partial charge on any atom is -0.481 e. The van der Waals surface area contributed by atoms with Crippen LogP contribution in [0.25, 0.3) is 0 Å². The number of aliphatic carboxylic acids is 1. The van der Waals surface area contributed by atoms with Gasteiger partial charge in [-0.15, -0.1) is 0 Å². The first-order valence-corrected chi connectivity index (χ1v) is 6.88. The van der Waals surface area contributed by atoms with E-state index in [2.05, 4.69) is 38.3 Å². The summed E-state index contributed by atoms with van der Waals surface area (Å²) in [4.78, 5) is 22.0. The number of nitrogens with one attached hydrogen (secondary N) is 2. The Hall–Kier alpha value is -1.26. The first-order valence-electron chi connectivity index (χ1n) is 6.88. The van der Waals surface area contributed by atoms with Gasteiger partial charge in [0.1, 0.15) is 0 Å². The Balaban J connectivity index is 3.84. The van der Waals surface area contributed by atoms with Crippen LogP contribution in [0, 0.1) is 17.3 Å². The van der Waals surface area contributed by atoms with Gasteiger partial charge in [-0.2, -0.15) is 0 Å². The molecule has 3 N–H and O–H groups in total. The number of carboxylic acid groups (broad SMARTS) is 1. The second kappa shape index (κ2) is 8.02.